The number of amides is 1. The molecule has 0 unspecified atom stereocenters. The number of nitrogens with one attached hydrogen (secondary N) is 1. The molecule has 18 heavy (non-hydrogen) atoms. The number of aryl methyl sites for hydroxylation is 1. The molecular weight excluding hydrogens is 266 g/mol. The van der Waals surface area contributed by atoms with Gasteiger partial charge in [-0.3, -0.25) is 4.79 Å². The van der Waals surface area contributed by atoms with E-state index in [0.717, 1.165) is 22.1 Å². The lowest BCUT2D eigenvalue weighted by Gasteiger charge is -2.00. The van der Waals surface area contributed by atoms with E-state index in [4.69, 9.17) is 0 Å². The Morgan fingerprint density at radius 3 is 2.83 bits per heavy atom. The van der Waals surface area contributed by atoms with Crippen molar-refractivity contribution in [3.8, 4) is 0 Å². The monoisotopic (exact) mass is 281 g/mol. The summed E-state index contributed by atoms with van der Waals surface area (Å²) in [5.74, 6) is 0.393. The van der Waals surface area contributed by atoms with Crippen LogP contribution in [-0.4, -0.2) is 15.9 Å². The number of carbonyl (C=O) groups is 1. The van der Waals surface area contributed by atoms with Crippen molar-refractivity contribution in [2.45, 2.75) is 27.2 Å². The molecule has 0 aromatic carbocycles. The fourth-order valence-corrected chi connectivity index (χ4v) is 3.13. The van der Waals surface area contributed by atoms with Crippen LogP contribution in [0.4, 0.5) is 5.00 Å². The maximum Gasteiger partial charge on any atom is 0.275 e. The molecule has 2 aromatic rings. The Bertz CT molecular complexity index is 545. The maximum absolute atomic E-state index is 12.0. The third-order valence-electron chi connectivity index (χ3n) is 2.34. The molecule has 0 aliphatic carbocycles. The Balaban J connectivity index is 2.05. The summed E-state index contributed by atoms with van der Waals surface area (Å²) in [6.45, 7) is 6.15. The predicted octanol–water partition coefficient (Wildman–Crippen LogP) is 3.36. The molecule has 0 atom stereocenters. The van der Waals surface area contributed by atoms with Gasteiger partial charge in [0.25, 0.3) is 5.91 Å². The van der Waals surface area contributed by atoms with Crippen LogP contribution < -0.4 is 5.32 Å². The molecule has 0 saturated carbocycles. The van der Waals surface area contributed by atoms with E-state index in [0.29, 0.717) is 11.6 Å². The molecule has 1 N–H and O–H groups in total. The number of rotatable bonds is 4. The number of aromatic nitrogens is 2. The first-order valence-corrected chi connectivity index (χ1v) is 7.48. The van der Waals surface area contributed by atoms with E-state index in [9.17, 15) is 4.79 Å². The van der Waals surface area contributed by atoms with Gasteiger partial charge < -0.3 is 5.32 Å². The zero-order chi connectivity index (χ0) is 13.1. The van der Waals surface area contributed by atoms with Crippen LogP contribution in [0.15, 0.2) is 10.9 Å². The first-order chi connectivity index (χ1) is 8.56. The highest BCUT2D eigenvalue weighted by Crippen LogP contribution is 2.20. The minimum absolute atomic E-state index is 0.159. The third-order valence-corrected chi connectivity index (χ3v) is 4.05. The molecule has 2 aromatic heterocycles. The number of nitrogens with zero attached hydrogens (tertiary/aromatic N) is 2. The lowest BCUT2D eigenvalue weighted by Crippen LogP contribution is -2.12. The number of hydrogen-bond acceptors (Lipinski definition) is 5. The van der Waals surface area contributed by atoms with Crippen LogP contribution in [0.25, 0.3) is 0 Å². The van der Waals surface area contributed by atoms with Gasteiger partial charge in [0, 0.05) is 11.8 Å². The number of anilines is 1. The van der Waals surface area contributed by atoms with Gasteiger partial charge in [0.05, 0.1) is 16.2 Å². The topological polar surface area (TPSA) is 54.9 Å². The lowest BCUT2D eigenvalue weighted by molar-refractivity contribution is 0.102. The molecule has 2 rings (SSSR count). The second-order valence-corrected chi connectivity index (χ2v) is 6.24. The largest absolute Gasteiger partial charge is 0.311 e. The van der Waals surface area contributed by atoms with Gasteiger partial charge in [0.15, 0.2) is 0 Å². The Hall–Kier alpha value is -1.27. The van der Waals surface area contributed by atoms with E-state index in [1.807, 2.05) is 12.3 Å². The van der Waals surface area contributed by atoms with E-state index in [-0.39, 0.29) is 5.91 Å². The minimum atomic E-state index is -0.159. The van der Waals surface area contributed by atoms with Crippen LogP contribution in [0.5, 0.6) is 0 Å². The summed E-state index contributed by atoms with van der Waals surface area (Å²) in [4.78, 5) is 20.4. The van der Waals surface area contributed by atoms with Gasteiger partial charge in [0.2, 0.25) is 0 Å². The van der Waals surface area contributed by atoms with Crippen molar-refractivity contribution in [2.24, 2.45) is 5.92 Å². The van der Waals surface area contributed by atoms with E-state index in [1.54, 1.807) is 5.51 Å². The number of hydrogen-bond donors (Lipinski definition) is 1. The Labute approximate surface area is 114 Å². The molecule has 6 heteroatoms. The van der Waals surface area contributed by atoms with Crippen molar-refractivity contribution in [3.05, 3.63) is 27.3 Å². The third kappa shape index (κ3) is 3.14. The van der Waals surface area contributed by atoms with Gasteiger partial charge in [-0.2, -0.15) is 0 Å². The Morgan fingerprint density at radius 2 is 2.22 bits per heavy atom. The smallest absolute Gasteiger partial charge is 0.275 e. The zero-order valence-corrected chi connectivity index (χ0v) is 12.2. The molecule has 96 valence electrons. The van der Waals surface area contributed by atoms with Gasteiger partial charge in [0.1, 0.15) is 10.7 Å². The van der Waals surface area contributed by atoms with Crippen molar-refractivity contribution in [2.75, 3.05) is 5.32 Å². The van der Waals surface area contributed by atoms with Crippen LogP contribution in [0.3, 0.4) is 0 Å². The van der Waals surface area contributed by atoms with Crippen molar-refractivity contribution in [1.29, 1.82) is 0 Å². The fourth-order valence-electron chi connectivity index (χ4n) is 1.45. The summed E-state index contributed by atoms with van der Waals surface area (Å²) < 4.78 is 0. The van der Waals surface area contributed by atoms with Crippen LogP contribution in [-0.2, 0) is 6.42 Å². The molecule has 0 saturated heterocycles. The quantitative estimate of drug-likeness (QED) is 0.935. The van der Waals surface area contributed by atoms with Crippen LogP contribution in [0.1, 0.15) is 35.0 Å². The van der Waals surface area contributed by atoms with Crippen molar-refractivity contribution >= 4 is 33.6 Å². The standard InChI is InChI=1S/C12H15N3OS2/c1-7(2)4-10-14-9(5-17-10)11(16)15-12-8(3)13-6-18-12/h5-7H,4H2,1-3H3,(H,15,16). The average Bonchev–Trinajstić information content (AvgIpc) is 2.88. The first-order valence-electron chi connectivity index (χ1n) is 5.72. The van der Waals surface area contributed by atoms with E-state index < -0.39 is 0 Å². The van der Waals surface area contributed by atoms with Crippen LogP contribution in [0.2, 0.25) is 0 Å². The lowest BCUT2D eigenvalue weighted by atomic mass is 10.1. The molecule has 0 aliphatic rings. The molecule has 0 aliphatic heterocycles. The highest BCUT2D eigenvalue weighted by molar-refractivity contribution is 7.14. The van der Waals surface area contributed by atoms with Crippen LogP contribution in [0, 0.1) is 12.8 Å². The summed E-state index contributed by atoms with van der Waals surface area (Å²) in [5.41, 5.74) is 3.05. The van der Waals surface area contributed by atoms with E-state index in [2.05, 4.69) is 29.1 Å². The molecule has 0 spiro atoms. The van der Waals surface area contributed by atoms with Gasteiger partial charge in [-0.05, 0) is 12.8 Å². The second kappa shape index (κ2) is 5.58. The van der Waals surface area contributed by atoms with Crippen molar-refractivity contribution in [3.63, 3.8) is 0 Å². The summed E-state index contributed by atoms with van der Waals surface area (Å²) in [5, 5.41) is 6.44. The van der Waals surface area contributed by atoms with Crippen molar-refractivity contribution in [1.82, 2.24) is 9.97 Å². The summed E-state index contributed by atoms with van der Waals surface area (Å²) >= 11 is 2.96. The summed E-state index contributed by atoms with van der Waals surface area (Å²) in [7, 11) is 0. The Kier molecular flexibility index (Phi) is 4.08. The molecule has 0 fully saturated rings. The van der Waals surface area contributed by atoms with Gasteiger partial charge in [-0.25, -0.2) is 9.97 Å². The highest BCUT2D eigenvalue weighted by Gasteiger charge is 2.13. The fraction of sp³-hybridized carbons (Fsp3) is 0.417. The predicted molar refractivity (Wildman–Crippen MR) is 75.5 cm³/mol. The highest BCUT2D eigenvalue weighted by atomic mass is 32.1. The normalized spacial score (nSPS) is 10.9. The molecular formula is C12H15N3OS2. The molecule has 0 radical (unpaired) electrons. The number of thiazole rings is 2. The molecule has 2 heterocycles. The average molecular weight is 281 g/mol. The maximum atomic E-state index is 12.0. The van der Waals surface area contributed by atoms with Crippen molar-refractivity contribution < 1.29 is 4.79 Å². The molecule has 0 bridgehead atoms. The van der Waals surface area contributed by atoms with E-state index >= 15 is 0 Å². The Morgan fingerprint density at radius 1 is 1.44 bits per heavy atom. The van der Waals surface area contributed by atoms with E-state index in [1.165, 1.54) is 22.7 Å². The van der Waals surface area contributed by atoms with Gasteiger partial charge in [-0.15, -0.1) is 22.7 Å². The summed E-state index contributed by atoms with van der Waals surface area (Å²) in [6.07, 6.45) is 0.914. The SMILES string of the molecule is Cc1ncsc1NC(=O)c1csc(CC(C)C)n1. The van der Waals surface area contributed by atoms with Gasteiger partial charge in [-0.1, -0.05) is 13.8 Å². The van der Waals surface area contributed by atoms with Crippen LogP contribution >= 0.6 is 22.7 Å². The van der Waals surface area contributed by atoms with Gasteiger partial charge >= 0.3 is 0 Å². The summed E-state index contributed by atoms with van der Waals surface area (Å²) in [6, 6.07) is 0. The second-order valence-electron chi connectivity index (χ2n) is 4.45. The first kappa shape index (κ1) is 13.2. The molecule has 4 nitrogen and oxygen atoms in total. The minimum Gasteiger partial charge on any atom is -0.311 e. The zero-order valence-electron chi connectivity index (χ0n) is 10.6. The number of carbonyl (C=O) groups excluding carboxylic acids is 1. The molecule has 1 amide bonds.